The molecule has 0 bridgehead atoms. The van der Waals surface area contributed by atoms with Crippen LogP contribution in [0.5, 0.6) is 0 Å². The lowest BCUT2D eigenvalue weighted by Gasteiger charge is -2.34. The molecule has 0 spiro atoms. The normalized spacial score (nSPS) is 13.1. The van der Waals surface area contributed by atoms with Gasteiger partial charge in [-0.25, -0.2) is 0 Å². The van der Waals surface area contributed by atoms with Gasteiger partial charge < -0.3 is 0 Å². The maximum absolute atomic E-state index is 3.80. The fraction of sp³-hybridized carbons (Fsp3) is 0.0270. The van der Waals surface area contributed by atoms with E-state index in [0.29, 0.717) is 0 Å². The van der Waals surface area contributed by atoms with E-state index in [4.69, 9.17) is 0 Å². The lowest BCUT2D eigenvalue weighted by molar-refractivity contribution is 0.767. The van der Waals surface area contributed by atoms with Crippen molar-refractivity contribution in [3.05, 3.63) is 174 Å². The molecule has 0 heterocycles. The van der Waals surface area contributed by atoms with Crippen LogP contribution in [0.1, 0.15) is 22.3 Å². The summed E-state index contributed by atoms with van der Waals surface area (Å²) in [6.45, 7) is 0. The molecular formula is C37H22Br4. The molecule has 0 aromatic heterocycles. The summed E-state index contributed by atoms with van der Waals surface area (Å²) in [5.41, 5.74) is 11.9. The van der Waals surface area contributed by atoms with Crippen molar-refractivity contribution in [2.45, 2.75) is 5.41 Å². The summed E-state index contributed by atoms with van der Waals surface area (Å²) in [4.78, 5) is 0. The van der Waals surface area contributed by atoms with Gasteiger partial charge in [0.15, 0.2) is 0 Å². The molecule has 7 rings (SSSR count). The molecule has 6 aromatic rings. The first-order valence-corrected chi connectivity index (χ1v) is 16.4. The zero-order valence-corrected chi connectivity index (χ0v) is 28.1. The van der Waals surface area contributed by atoms with E-state index in [1.165, 1.54) is 55.6 Å². The van der Waals surface area contributed by atoms with Crippen LogP contribution in [0.4, 0.5) is 0 Å². The molecule has 41 heavy (non-hydrogen) atoms. The molecule has 198 valence electrons. The average Bonchev–Trinajstić information content (AvgIpc) is 3.27. The number of halogens is 4. The molecule has 1 aliphatic carbocycles. The van der Waals surface area contributed by atoms with E-state index in [1.54, 1.807) is 0 Å². The third kappa shape index (κ3) is 4.70. The van der Waals surface area contributed by atoms with Crippen LogP contribution in [0.15, 0.2) is 151 Å². The lowest BCUT2D eigenvalue weighted by atomic mass is 9.67. The fourth-order valence-corrected chi connectivity index (χ4v) is 7.42. The van der Waals surface area contributed by atoms with Gasteiger partial charge in [-0.3, -0.25) is 0 Å². The Bertz CT molecular complexity index is 1740. The molecule has 0 saturated heterocycles. The van der Waals surface area contributed by atoms with E-state index < -0.39 is 5.41 Å². The highest BCUT2D eigenvalue weighted by Crippen LogP contribution is 2.57. The number of rotatable bonds is 4. The molecule has 4 heteroatoms. The Kier molecular flexibility index (Phi) is 7.15. The van der Waals surface area contributed by atoms with Crippen LogP contribution < -0.4 is 0 Å². The molecule has 0 N–H and O–H groups in total. The van der Waals surface area contributed by atoms with Crippen LogP contribution >= 0.6 is 63.7 Å². The largest absolute Gasteiger partial charge is 0.0714 e. The van der Waals surface area contributed by atoms with Crippen molar-refractivity contribution in [2.75, 3.05) is 0 Å². The summed E-state index contributed by atoms with van der Waals surface area (Å²) in [5.74, 6) is 0. The maximum Gasteiger partial charge on any atom is 0.0714 e. The Labute approximate surface area is 274 Å². The lowest BCUT2D eigenvalue weighted by Crippen LogP contribution is -2.28. The highest BCUT2D eigenvalue weighted by atomic mass is 79.9. The quantitative estimate of drug-likeness (QED) is 0.167. The SMILES string of the molecule is Brc1ccc(-c2ccc(C3(c4ccc(-c5ccc(Br)cc5)cc4)c4cc(Br)ccc4-c4ccc(Br)cc43)cc2)cc1. The molecule has 0 fully saturated rings. The molecule has 0 radical (unpaired) electrons. The van der Waals surface area contributed by atoms with Gasteiger partial charge in [0, 0.05) is 17.9 Å². The Hall–Kier alpha value is -2.76. The van der Waals surface area contributed by atoms with Crippen molar-refractivity contribution >= 4 is 63.7 Å². The maximum atomic E-state index is 3.80. The zero-order valence-electron chi connectivity index (χ0n) is 21.7. The minimum absolute atomic E-state index is 0.477. The third-order valence-electron chi connectivity index (χ3n) is 8.05. The van der Waals surface area contributed by atoms with E-state index in [9.17, 15) is 0 Å². The minimum Gasteiger partial charge on any atom is -0.0568 e. The molecule has 0 atom stereocenters. The van der Waals surface area contributed by atoms with Gasteiger partial charge in [0.2, 0.25) is 0 Å². The number of fused-ring (bicyclic) bond motifs is 3. The van der Waals surface area contributed by atoms with E-state index in [2.05, 4.69) is 197 Å². The predicted molar refractivity (Wildman–Crippen MR) is 185 cm³/mol. The van der Waals surface area contributed by atoms with Crippen LogP contribution in [-0.4, -0.2) is 0 Å². The van der Waals surface area contributed by atoms with E-state index in [-0.39, 0.29) is 0 Å². The van der Waals surface area contributed by atoms with Crippen molar-refractivity contribution in [3.63, 3.8) is 0 Å². The van der Waals surface area contributed by atoms with E-state index in [1.807, 2.05) is 0 Å². The Morgan fingerprint density at radius 2 is 0.610 bits per heavy atom. The Morgan fingerprint density at radius 1 is 0.317 bits per heavy atom. The summed E-state index contributed by atoms with van der Waals surface area (Å²) < 4.78 is 4.31. The second-order valence-corrected chi connectivity index (χ2v) is 14.0. The van der Waals surface area contributed by atoms with Crippen molar-refractivity contribution in [3.8, 4) is 33.4 Å². The molecule has 0 nitrogen and oxygen atoms in total. The third-order valence-corrected chi connectivity index (χ3v) is 10.1. The minimum atomic E-state index is -0.477. The van der Waals surface area contributed by atoms with Gasteiger partial charge in [-0.1, -0.05) is 149 Å². The van der Waals surface area contributed by atoms with Crippen molar-refractivity contribution in [1.82, 2.24) is 0 Å². The molecular weight excluding hydrogens is 764 g/mol. The van der Waals surface area contributed by atoms with Crippen LogP contribution in [0, 0.1) is 0 Å². The highest BCUT2D eigenvalue weighted by Gasteiger charge is 2.46. The van der Waals surface area contributed by atoms with Gasteiger partial charge in [-0.05, 0) is 104 Å². The van der Waals surface area contributed by atoms with Crippen molar-refractivity contribution < 1.29 is 0 Å². The highest BCUT2D eigenvalue weighted by molar-refractivity contribution is 9.11. The predicted octanol–water partition coefficient (Wildman–Crippen LogP) is 12.4. The summed E-state index contributed by atoms with van der Waals surface area (Å²) in [5, 5.41) is 0. The van der Waals surface area contributed by atoms with Crippen molar-refractivity contribution in [2.24, 2.45) is 0 Å². The summed E-state index contributed by atoms with van der Waals surface area (Å²) in [6.07, 6.45) is 0. The number of hydrogen-bond acceptors (Lipinski definition) is 0. The molecule has 0 amide bonds. The molecule has 0 aliphatic heterocycles. The molecule has 6 aromatic carbocycles. The van der Waals surface area contributed by atoms with E-state index >= 15 is 0 Å². The van der Waals surface area contributed by atoms with Crippen LogP contribution in [-0.2, 0) is 5.41 Å². The van der Waals surface area contributed by atoms with Gasteiger partial charge in [0.05, 0.1) is 5.41 Å². The summed E-state index contributed by atoms with van der Waals surface area (Å²) in [6, 6.07) is 48.6. The zero-order chi connectivity index (χ0) is 28.1. The second kappa shape index (κ2) is 10.8. The second-order valence-electron chi connectivity index (χ2n) is 10.3. The fourth-order valence-electron chi connectivity index (χ4n) is 6.17. The van der Waals surface area contributed by atoms with Gasteiger partial charge in [-0.2, -0.15) is 0 Å². The van der Waals surface area contributed by atoms with Crippen LogP contribution in [0.2, 0.25) is 0 Å². The standard InChI is InChI=1S/C37H22Br4/c38-29-13-5-25(6-14-29)23-1-9-27(10-2-23)37(28-11-3-24(4-12-28)26-7-15-30(39)16-8-26)35-21-31(40)17-19-33(35)34-20-18-32(41)22-36(34)37/h1-22H. The Balaban J connectivity index is 1.47. The smallest absolute Gasteiger partial charge is 0.0568 e. The van der Waals surface area contributed by atoms with Crippen molar-refractivity contribution in [1.29, 1.82) is 0 Å². The Morgan fingerprint density at radius 3 is 0.951 bits per heavy atom. The average molecular weight is 786 g/mol. The first kappa shape index (κ1) is 27.1. The van der Waals surface area contributed by atoms with E-state index in [0.717, 1.165) is 17.9 Å². The first-order chi connectivity index (χ1) is 19.9. The van der Waals surface area contributed by atoms with Crippen LogP contribution in [0.25, 0.3) is 33.4 Å². The summed E-state index contributed by atoms with van der Waals surface area (Å²) >= 11 is 14.7. The summed E-state index contributed by atoms with van der Waals surface area (Å²) in [7, 11) is 0. The van der Waals surface area contributed by atoms with Gasteiger partial charge >= 0.3 is 0 Å². The number of benzene rings is 6. The van der Waals surface area contributed by atoms with Gasteiger partial charge in [0.25, 0.3) is 0 Å². The molecule has 0 saturated carbocycles. The molecule has 0 unspecified atom stereocenters. The first-order valence-electron chi connectivity index (χ1n) is 13.3. The van der Waals surface area contributed by atoms with Crippen LogP contribution in [0.3, 0.4) is 0 Å². The topological polar surface area (TPSA) is 0 Å². The monoisotopic (exact) mass is 782 g/mol. The number of hydrogen-bond donors (Lipinski definition) is 0. The van der Waals surface area contributed by atoms with Gasteiger partial charge in [0.1, 0.15) is 0 Å². The van der Waals surface area contributed by atoms with Gasteiger partial charge in [-0.15, -0.1) is 0 Å². The molecule has 1 aliphatic rings.